The maximum absolute atomic E-state index is 5.36. The van der Waals surface area contributed by atoms with Gasteiger partial charge in [-0.1, -0.05) is 34.1 Å². The predicted molar refractivity (Wildman–Crippen MR) is 110 cm³/mol. The van der Waals surface area contributed by atoms with E-state index in [4.69, 9.17) is 12.2 Å². The molecule has 24 heavy (non-hydrogen) atoms. The smallest absolute Gasteiger partial charge is 0.170 e. The number of para-hydroxylation sites is 1. The lowest BCUT2D eigenvalue weighted by Crippen LogP contribution is -2.34. The average Bonchev–Trinajstić information content (AvgIpc) is 2.89. The molecule has 3 nitrogen and oxygen atoms in total. The SMILES string of the molecule is C[C@@H]1Cc2ccccc2N1CCCNC(=S)Nc1ccc(Br)cc1. The Balaban J connectivity index is 1.42. The molecular weight excluding hydrogens is 382 g/mol. The van der Waals surface area contributed by atoms with Crippen molar-refractivity contribution in [3.8, 4) is 0 Å². The molecule has 0 amide bonds. The maximum Gasteiger partial charge on any atom is 0.170 e. The number of benzene rings is 2. The highest BCUT2D eigenvalue weighted by atomic mass is 79.9. The number of fused-ring (bicyclic) bond motifs is 1. The normalized spacial score (nSPS) is 15.9. The number of halogens is 1. The standard InChI is InChI=1S/C19H22BrN3S/c1-14-13-15-5-2-3-6-18(15)23(14)12-4-11-21-19(24)22-17-9-7-16(20)8-10-17/h2-3,5-10,14H,4,11-13H2,1H3,(H2,21,22,24)/t14-/m1/s1. The second-order valence-corrected chi connectivity index (χ2v) is 7.44. The molecule has 0 fully saturated rings. The van der Waals surface area contributed by atoms with Gasteiger partial charge in [0.1, 0.15) is 0 Å². The molecule has 3 rings (SSSR count). The van der Waals surface area contributed by atoms with Crippen molar-refractivity contribution in [3.05, 3.63) is 58.6 Å². The van der Waals surface area contributed by atoms with Gasteiger partial charge in [-0.2, -0.15) is 0 Å². The van der Waals surface area contributed by atoms with Crippen LogP contribution >= 0.6 is 28.1 Å². The van der Waals surface area contributed by atoms with Crippen LogP contribution in [0, 0.1) is 0 Å². The van der Waals surface area contributed by atoms with Gasteiger partial charge in [0.05, 0.1) is 0 Å². The fraction of sp³-hybridized carbons (Fsp3) is 0.316. The Morgan fingerprint density at radius 3 is 2.75 bits per heavy atom. The molecule has 0 spiro atoms. The highest BCUT2D eigenvalue weighted by Crippen LogP contribution is 2.31. The Morgan fingerprint density at radius 2 is 1.96 bits per heavy atom. The van der Waals surface area contributed by atoms with Crippen molar-refractivity contribution < 1.29 is 0 Å². The van der Waals surface area contributed by atoms with Crippen molar-refractivity contribution in [1.82, 2.24) is 5.32 Å². The summed E-state index contributed by atoms with van der Waals surface area (Å²) in [7, 11) is 0. The van der Waals surface area contributed by atoms with Gasteiger partial charge in [0.2, 0.25) is 0 Å². The van der Waals surface area contributed by atoms with Crippen molar-refractivity contribution >= 4 is 44.6 Å². The first-order chi connectivity index (χ1) is 11.6. The summed E-state index contributed by atoms with van der Waals surface area (Å²) in [6, 6.07) is 17.3. The molecule has 0 bridgehead atoms. The molecule has 5 heteroatoms. The van der Waals surface area contributed by atoms with E-state index in [1.165, 1.54) is 11.3 Å². The molecule has 1 heterocycles. The van der Waals surface area contributed by atoms with Crippen LogP contribution in [0.1, 0.15) is 18.9 Å². The molecule has 2 aromatic carbocycles. The number of nitrogens with zero attached hydrogens (tertiary/aromatic N) is 1. The lowest BCUT2D eigenvalue weighted by atomic mass is 10.1. The molecule has 2 aromatic rings. The molecule has 0 saturated heterocycles. The maximum atomic E-state index is 5.36. The van der Waals surface area contributed by atoms with Gasteiger partial charge in [0.25, 0.3) is 0 Å². The third-order valence-electron chi connectivity index (χ3n) is 4.31. The van der Waals surface area contributed by atoms with Gasteiger partial charge in [-0.3, -0.25) is 0 Å². The first-order valence-electron chi connectivity index (χ1n) is 8.28. The minimum absolute atomic E-state index is 0.579. The Hall–Kier alpha value is -1.59. The zero-order valence-corrected chi connectivity index (χ0v) is 16.2. The quantitative estimate of drug-likeness (QED) is 0.564. The highest BCUT2D eigenvalue weighted by Gasteiger charge is 2.24. The van der Waals surface area contributed by atoms with Crippen LogP contribution in [0.25, 0.3) is 0 Å². The molecule has 0 saturated carbocycles. The van der Waals surface area contributed by atoms with E-state index in [0.717, 1.165) is 36.1 Å². The summed E-state index contributed by atoms with van der Waals surface area (Å²) in [5.74, 6) is 0. The molecule has 126 valence electrons. The van der Waals surface area contributed by atoms with Crippen molar-refractivity contribution in [2.45, 2.75) is 25.8 Å². The molecule has 0 radical (unpaired) electrons. The number of thiocarbonyl (C=S) groups is 1. The molecule has 1 aliphatic rings. The summed E-state index contributed by atoms with van der Waals surface area (Å²) < 4.78 is 1.06. The van der Waals surface area contributed by atoms with Crippen molar-refractivity contribution in [2.24, 2.45) is 0 Å². The number of hydrogen-bond acceptors (Lipinski definition) is 2. The number of rotatable bonds is 5. The Kier molecular flexibility index (Phi) is 5.74. The van der Waals surface area contributed by atoms with Crippen LogP contribution < -0.4 is 15.5 Å². The molecule has 0 aliphatic carbocycles. The topological polar surface area (TPSA) is 27.3 Å². The fourth-order valence-corrected chi connectivity index (χ4v) is 3.61. The summed E-state index contributed by atoms with van der Waals surface area (Å²) >= 11 is 8.79. The first-order valence-corrected chi connectivity index (χ1v) is 9.48. The monoisotopic (exact) mass is 403 g/mol. The van der Waals surface area contributed by atoms with Crippen LogP contribution in [0.5, 0.6) is 0 Å². The van der Waals surface area contributed by atoms with Crippen LogP contribution in [0.3, 0.4) is 0 Å². The van der Waals surface area contributed by atoms with Gasteiger partial charge in [-0.05, 0) is 67.9 Å². The summed E-state index contributed by atoms with van der Waals surface area (Å²) in [5.41, 5.74) is 3.85. The second-order valence-electron chi connectivity index (χ2n) is 6.12. The third-order valence-corrected chi connectivity index (χ3v) is 5.09. The zero-order valence-electron chi connectivity index (χ0n) is 13.8. The minimum atomic E-state index is 0.579. The fourth-order valence-electron chi connectivity index (χ4n) is 3.13. The van der Waals surface area contributed by atoms with E-state index in [1.807, 2.05) is 24.3 Å². The summed E-state index contributed by atoms with van der Waals surface area (Å²) in [5, 5.41) is 7.17. The van der Waals surface area contributed by atoms with Crippen molar-refractivity contribution in [2.75, 3.05) is 23.3 Å². The molecule has 1 aliphatic heterocycles. The van der Waals surface area contributed by atoms with Gasteiger partial charge < -0.3 is 15.5 Å². The zero-order chi connectivity index (χ0) is 16.9. The van der Waals surface area contributed by atoms with Gasteiger partial charge in [-0.25, -0.2) is 0 Å². The molecule has 0 unspecified atom stereocenters. The van der Waals surface area contributed by atoms with E-state index in [9.17, 15) is 0 Å². The van der Waals surface area contributed by atoms with Crippen LogP contribution in [0.4, 0.5) is 11.4 Å². The Morgan fingerprint density at radius 1 is 1.21 bits per heavy atom. The van der Waals surface area contributed by atoms with Crippen molar-refractivity contribution in [3.63, 3.8) is 0 Å². The predicted octanol–water partition coefficient (Wildman–Crippen LogP) is 4.58. The summed E-state index contributed by atoms with van der Waals surface area (Å²) in [4.78, 5) is 2.50. The lowest BCUT2D eigenvalue weighted by Gasteiger charge is -2.25. The highest BCUT2D eigenvalue weighted by molar-refractivity contribution is 9.10. The largest absolute Gasteiger partial charge is 0.368 e. The summed E-state index contributed by atoms with van der Waals surface area (Å²) in [6.07, 6.45) is 2.20. The lowest BCUT2D eigenvalue weighted by molar-refractivity contribution is 0.641. The van der Waals surface area contributed by atoms with Crippen LogP contribution in [-0.2, 0) is 6.42 Å². The molecular formula is C19H22BrN3S. The van der Waals surface area contributed by atoms with E-state index in [1.54, 1.807) is 0 Å². The Bertz CT molecular complexity index is 702. The van der Waals surface area contributed by atoms with E-state index in [2.05, 4.69) is 62.7 Å². The third kappa shape index (κ3) is 4.28. The van der Waals surface area contributed by atoms with Gasteiger partial charge in [0, 0.05) is 35.0 Å². The van der Waals surface area contributed by atoms with Crippen LogP contribution in [0.15, 0.2) is 53.0 Å². The molecule has 2 N–H and O–H groups in total. The van der Waals surface area contributed by atoms with Crippen LogP contribution in [-0.4, -0.2) is 24.2 Å². The first kappa shape index (κ1) is 17.2. The number of nitrogens with one attached hydrogen (secondary N) is 2. The van der Waals surface area contributed by atoms with E-state index >= 15 is 0 Å². The van der Waals surface area contributed by atoms with Gasteiger partial charge >= 0.3 is 0 Å². The molecule has 0 aromatic heterocycles. The average molecular weight is 404 g/mol. The second kappa shape index (κ2) is 7.99. The van der Waals surface area contributed by atoms with Gasteiger partial charge in [0.15, 0.2) is 5.11 Å². The molecule has 1 atom stereocenters. The van der Waals surface area contributed by atoms with Gasteiger partial charge in [-0.15, -0.1) is 0 Å². The van der Waals surface area contributed by atoms with E-state index in [-0.39, 0.29) is 0 Å². The Labute approximate surface area is 157 Å². The van der Waals surface area contributed by atoms with E-state index in [0.29, 0.717) is 11.2 Å². The summed E-state index contributed by atoms with van der Waals surface area (Å²) in [6.45, 7) is 4.22. The number of anilines is 2. The van der Waals surface area contributed by atoms with Crippen LogP contribution in [0.2, 0.25) is 0 Å². The van der Waals surface area contributed by atoms with Crippen molar-refractivity contribution in [1.29, 1.82) is 0 Å². The minimum Gasteiger partial charge on any atom is -0.368 e. The van der Waals surface area contributed by atoms with E-state index < -0.39 is 0 Å². The number of hydrogen-bond donors (Lipinski definition) is 2.